The van der Waals surface area contributed by atoms with Crippen LogP contribution in [0.25, 0.3) is 11.1 Å². The molecule has 0 saturated carbocycles. The SMILES string of the molecule is Clc1cccc(Nc2nc3cc(Cl)ccc3o2)c1. The summed E-state index contributed by atoms with van der Waals surface area (Å²) in [7, 11) is 0. The van der Waals surface area contributed by atoms with Crippen LogP contribution < -0.4 is 5.32 Å². The lowest BCUT2D eigenvalue weighted by Crippen LogP contribution is -1.89. The van der Waals surface area contributed by atoms with Crippen LogP contribution in [-0.2, 0) is 0 Å². The first kappa shape index (κ1) is 11.4. The molecule has 5 heteroatoms. The fourth-order valence-corrected chi connectivity index (χ4v) is 2.00. The van der Waals surface area contributed by atoms with Crippen molar-refractivity contribution >= 4 is 46.0 Å². The summed E-state index contributed by atoms with van der Waals surface area (Å²) in [5.41, 5.74) is 2.22. The number of benzene rings is 2. The van der Waals surface area contributed by atoms with E-state index >= 15 is 0 Å². The first-order valence-corrected chi connectivity index (χ1v) is 6.05. The van der Waals surface area contributed by atoms with Gasteiger partial charge in [0.05, 0.1) is 0 Å². The average Bonchev–Trinajstić information content (AvgIpc) is 2.70. The van der Waals surface area contributed by atoms with E-state index in [1.165, 1.54) is 0 Å². The van der Waals surface area contributed by atoms with Gasteiger partial charge in [-0.05, 0) is 36.4 Å². The second-order valence-electron chi connectivity index (χ2n) is 3.77. The van der Waals surface area contributed by atoms with Crippen molar-refractivity contribution in [3.05, 3.63) is 52.5 Å². The molecule has 0 spiro atoms. The highest BCUT2D eigenvalue weighted by atomic mass is 35.5. The van der Waals surface area contributed by atoms with Gasteiger partial charge in [-0.3, -0.25) is 0 Å². The van der Waals surface area contributed by atoms with Gasteiger partial charge in [-0.25, -0.2) is 0 Å². The minimum absolute atomic E-state index is 0.412. The predicted octanol–water partition coefficient (Wildman–Crippen LogP) is 4.88. The minimum Gasteiger partial charge on any atom is -0.423 e. The molecule has 90 valence electrons. The number of oxazole rings is 1. The number of fused-ring (bicyclic) bond motifs is 1. The number of anilines is 2. The standard InChI is InChI=1S/C13H8Cl2N2O/c14-8-2-1-3-10(6-8)16-13-17-11-7-9(15)4-5-12(11)18-13/h1-7H,(H,16,17). The summed E-state index contributed by atoms with van der Waals surface area (Å²) < 4.78 is 5.54. The minimum atomic E-state index is 0.412. The summed E-state index contributed by atoms with van der Waals surface area (Å²) in [5, 5.41) is 4.33. The molecule has 1 heterocycles. The second-order valence-corrected chi connectivity index (χ2v) is 4.64. The molecule has 0 aliphatic carbocycles. The van der Waals surface area contributed by atoms with E-state index in [0.29, 0.717) is 27.2 Å². The number of halogens is 2. The van der Waals surface area contributed by atoms with E-state index in [1.54, 1.807) is 30.3 Å². The lowest BCUT2D eigenvalue weighted by Gasteiger charge is -2.00. The fourth-order valence-electron chi connectivity index (χ4n) is 1.64. The zero-order valence-corrected chi connectivity index (χ0v) is 10.7. The van der Waals surface area contributed by atoms with Gasteiger partial charge in [-0.15, -0.1) is 0 Å². The molecule has 1 aromatic heterocycles. The van der Waals surface area contributed by atoms with Crippen LogP contribution in [0.2, 0.25) is 10.0 Å². The molecule has 0 saturated heterocycles. The third-order valence-electron chi connectivity index (χ3n) is 2.43. The van der Waals surface area contributed by atoms with E-state index in [9.17, 15) is 0 Å². The Morgan fingerprint density at radius 1 is 1.00 bits per heavy atom. The van der Waals surface area contributed by atoms with E-state index in [4.69, 9.17) is 27.6 Å². The van der Waals surface area contributed by atoms with Gasteiger partial charge in [0.15, 0.2) is 5.58 Å². The van der Waals surface area contributed by atoms with E-state index in [2.05, 4.69) is 10.3 Å². The van der Waals surface area contributed by atoms with Crippen molar-refractivity contribution in [2.24, 2.45) is 0 Å². The first-order chi connectivity index (χ1) is 8.70. The quantitative estimate of drug-likeness (QED) is 0.726. The normalized spacial score (nSPS) is 10.8. The Kier molecular flexibility index (Phi) is 2.86. The molecule has 3 aromatic rings. The van der Waals surface area contributed by atoms with Crippen molar-refractivity contribution in [3.63, 3.8) is 0 Å². The maximum absolute atomic E-state index is 5.90. The predicted molar refractivity (Wildman–Crippen MR) is 73.8 cm³/mol. The van der Waals surface area contributed by atoms with Crippen LogP contribution in [0.3, 0.4) is 0 Å². The number of nitrogens with zero attached hydrogens (tertiary/aromatic N) is 1. The zero-order valence-electron chi connectivity index (χ0n) is 9.15. The number of hydrogen-bond acceptors (Lipinski definition) is 3. The molecule has 0 bridgehead atoms. The van der Waals surface area contributed by atoms with Gasteiger partial charge in [0.1, 0.15) is 5.52 Å². The topological polar surface area (TPSA) is 38.1 Å². The van der Waals surface area contributed by atoms with Crippen molar-refractivity contribution in [2.45, 2.75) is 0 Å². The lowest BCUT2D eigenvalue weighted by molar-refractivity contribution is 0.623. The van der Waals surface area contributed by atoms with Crippen LogP contribution in [0.4, 0.5) is 11.7 Å². The van der Waals surface area contributed by atoms with E-state index in [-0.39, 0.29) is 0 Å². The molecule has 0 unspecified atom stereocenters. The van der Waals surface area contributed by atoms with Crippen LogP contribution in [-0.4, -0.2) is 4.98 Å². The highest BCUT2D eigenvalue weighted by Crippen LogP contribution is 2.25. The maximum Gasteiger partial charge on any atom is 0.300 e. The molecule has 0 radical (unpaired) electrons. The van der Waals surface area contributed by atoms with Crippen molar-refractivity contribution in [3.8, 4) is 0 Å². The Hall–Kier alpha value is -1.71. The van der Waals surface area contributed by atoms with E-state index < -0.39 is 0 Å². The summed E-state index contributed by atoms with van der Waals surface area (Å²) in [6.07, 6.45) is 0. The summed E-state index contributed by atoms with van der Waals surface area (Å²) in [6, 6.07) is 13.0. The number of aromatic nitrogens is 1. The molecule has 3 nitrogen and oxygen atoms in total. The van der Waals surface area contributed by atoms with Crippen LogP contribution in [0.1, 0.15) is 0 Å². The zero-order chi connectivity index (χ0) is 12.5. The third kappa shape index (κ3) is 2.28. The van der Waals surface area contributed by atoms with Crippen LogP contribution >= 0.6 is 23.2 Å². The Bertz CT molecular complexity index is 709. The van der Waals surface area contributed by atoms with Gasteiger partial charge in [0.25, 0.3) is 6.01 Å². The number of rotatable bonds is 2. The Morgan fingerprint density at radius 3 is 2.67 bits per heavy atom. The molecule has 3 rings (SSSR count). The second kappa shape index (κ2) is 4.52. The van der Waals surface area contributed by atoms with Gasteiger partial charge >= 0.3 is 0 Å². The molecule has 18 heavy (non-hydrogen) atoms. The van der Waals surface area contributed by atoms with E-state index in [1.807, 2.05) is 12.1 Å². The smallest absolute Gasteiger partial charge is 0.300 e. The van der Waals surface area contributed by atoms with Crippen LogP contribution in [0.15, 0.2) is 46.9 Å². The highest BCUT2D eigenvalue weighted by Gasteiger charge is 2.06. The molecular formula is C13H8Cl2N2O. The number of nitrogens with one attached hydrogen (secondary N) is 1. The largest absolute Gasteiger partial charge is 0.423 e. The molecule has 0 aliphatic heterocycles. The monoisotopic (exact) mass is 278 g/mol. The summed E-state index contributed by atoms with van der Waals surface area (Å²) >= 11 is 11.8. The van der Waals surface area contributed by atoms with Crippen molar-refractivity contribution < 1.29 is 4.42 Å². The van der Waals surface area contributed by atoms with Crippen molar-refractivity contribution in [1.29, 1.82) is 0 Å². The van der Waals surface area contributed by atoms with Gasteiger partial charge in [-0.1, -0.05) is 29.3 Å². The lowest BCUT2D eigenvalue weighted by atomic mass is 10.3. The summed E-state index contributed by atoms with van der Waals surface area (Å²) in [5.74, 6) is 0. The summed E-state index contributed by atoms with van der Waals surface area (Å²) in [4.78, 5) is 4.29. The first-order valence-electron chi connectivity index (χ1n) is 5.29. The molecule has 2 aromatic carbocycles. The van der Waals surface area contributed by atoms with Crippen LogP contribution in [0, 0.1) is 0 Å². The van der Waals surface area contributed by atoms with Crippen molar-refractivity contribution in [2.75, 3.05) is 5.32 Å². The summed E-state index contributed by atoms with van der Waals surface area (Å²) in [6.45, 7) is 0. The molecular weight excluding hydrogens is 271 g/mol. The van der Waals surface area contributed by atoms with Crippen LogP contribution in [0.5, 0.6) is 0 Å². The van der Waals surface area contributed by atoms with Crippen molar-refractivity contribution in [1.82, 2.24) is 4.98 Å². The Balaban J connectivity index is 1.95. The fraction of sp³-hybridized carbons (Fsp3) is 0. The van der Waals surface area contributed by atoms with Gasteiger partial charge in [-0.2, -0.15) is 4.98 Å². The number of hydrogen-bond donors (Lipinski definition) is 1. The maximum atomic E-state index is 5.90. The highest BCUT2D eigenvalue weighted by molar-refractivity contribution is 6.31. The molecule has 0 atom stereocenters. The average molecular weight is 279 g/mol. The Labute approximate surface area is 113 Å². The Morgan fingerprint density at radius 2 is 1.83 bits per heavy atom. The van der Waals surface area contributed by atoms with Gasteiger partial charge in [0, 0.05) is 15.7 Å². The third-order valence-corrected chi connectivity index (χ3v) is 2.90. The molecule has 0 fully saturated rings. The molecule has 0 amide bonds. The van der Waals surface area contributed by atoms with Gasteiger partial charge in [0.2, 0.25) is 0 Å². The van der Waals surface area contributed by atoms with E-state index in [0.717, 1.165) is 5.69 Å². The molecule has 0 aliphatic rings. The van der Waals surface area contributed by atoms with Gasteiger partial charge < -0.3 is 9.73 Å². The molecule has 1 N–H and O–H groups in total.